The number of nitrogens with two attached hydrogens (primary N) is 1. The molecule has 0 saturated heterocycles. The van der Waals surface area contributed by atoms with Crippen LogP contribution in [0.1, 0.15) is 16.1 Å². The molecular weight excluding hydrogens is 320 g/mol. The summed E-state index contributed by atoms with van der Waals surface area (Å²) >= 11 is 0. The molecule has 0 radical (unpaired) electrons. The second-order valence-corrected chi connectivity index (χ2v) is 5.07. The quantitative estimate of drug-likeness (QED) is 0.736. The normalized spacial score (nSPS) is 10.1. The fourth-order valence-electron chi connectivity index (χ4n) is 2.36. The lowest BCUT2D eigenvalue weighted by Gasteiger charge is -2.11. The SMILES string of the molecule is COC(=O)c1c(N)c(C#N)cn1-c1cccc(Oc2cccnc2)c1. The lowest BCUT2D eigenvalue weighted by molar-refractivity contribution is 0.0593. The predicted molar refractivity (Wildman–Crippen MR) is 90.5 cm³/mol. The van der Waals surface area contributed by atoms with Crippen molar-refractivity contribution in [1.82, 2.24) is 9.55 Å². The van der Waals surface area contributed by atoms with Gasteiger partial charge in [0.2, 0.25) is 0 Å². The fourth-order valence-corrected chi connectivity index (χ4v) is 2.36. The standard InChI is InChI=1S/C18H14N4O3/c1-24-18(23)17-16(20)12(9-19)11-22(17)13-4-2-5-14(8-13)25-15-6-3-7-21-10-15/h2-8,10-11H,20H2,1H3. The highest BCUT2D eigenvalue weighted by atomic mass is 16.5. The Morgan fingerprint density at radius 2 is 2.08 bits per heavy atom. The number of anilines is 1. The van der Waals surface area contributed by atoms with E-state index in [0.717, 1.165) is 0 Å². The molecule has 124 valence electrons. The third kappa shape index (κ3) is 3.14. The first-order chi connectivity index (χ1) is 12.1. The Hall–Kier alpha value is -3.79. The highest BCUT2D eigenvalue weighted by molar-refractivity contribution is 5.95. The smallest absolute Gasteiger partial charge is 0.357 e. The molecule has 7 nitrogen and oxygen atoms in total. The first-order valence-corrected chi connectivity index (χ1v) is 7.31. The number of ether oxygens (including phenoxy) is 2. The van der Waals surface area contributed by atoms with Gasteiger partial charge in [-0.2, -0.15) is 5.26 Å². The van der Waals surface area contributed by atoms with Crippen LogP contribution in [-0.4, -0.2) is 22.6 Å². The monoisotopic (exact) mass is 334 g/mol. The maximum Gasteiger partial charge on any atom is 0.357 e. The number of pyridine rings is 1. The molecule has 2 aromatic heterocycles. The van der Waals surface area contributed by atoms with Gasteiger partial charge in [0.15, 0.2) is 5.69 Å². The first-order valence-electron chi connectivity index (χ1n) is 7.31. The molecule has 0 aliphatic rings. The number of rotatable bonds is 4. The van der Waals surface area contributed by atoms with Crippen LogP contribution in [-0.2, 0) is 4.74 Å². The highest BCUT2D eigenvalue weighted by Crippen LogP contribution is 2.28. The Labute approximate surface area is 143 Å². The molecular formula is C18H14N4O3. The van der Waals surface area contributed by atoms with Gasteiger partial charge in [0.05, 0.1) is 24.6 Å². The number of nitrogen functional groups attached to an aromatic ring is 1. The van der Waals surface area contributed by atoms with Crippen molar-refractivity contribution in [3.8, 4) is 23.3 Å². The van der Waals surface area contributed by atoms with E-state index < -0.39 is 5.97 Å². The average molecular weight is 334 g/mol. The summed E-state index contributed by atoms with van der Waals surface area (Å²) < 4.78 is 12.0. The van der Waals surface area contributed by atoms with Gasteiger partial charge in [0.1, 0.15) is 17.6 Å². The summed E-state index contributed by atoms with van der Waals surface area (Å²) in [5.41, 5.74) is 6.88. The van der Waals surface area contributed by atoms with Crippen molar-refractivity contribution in [3.05, 3.63) is 66.2 Å². The molecule has 0 aliphatic carbocycles. The molecule has 0 fully saturated rings. The zero-order chi connectivity index (χ0) is 17.8. The average Bonchev–Trinajstić information content (AvgIpc) is 2.98. The molecule has 3 rings (SSSR count). The first kappa shape index (κ1) is 16.1. The van der Waals surface area contributed by atoms with Gasteiger partial charge in [-0.15, -0.1) is 0 Å². The van der Waals surface area contributed by atoms with Crippen LogP contribution in [0.5, 0.6) is 11.5 Å². The Kier molecular flexibility index (Phi) is 4.35. The molecule has 0 bridgehead atoms. The summed E-state index contributed by atoms with van der Waals surface area (Å²) in [6, 6.07) is 12.5. The molecule has 0 aliphatic heterocycles. The van der Waals surface area contributed by atoms with Crippen LogP contribution >= 0.6 is 0 Å². The van der Waals surface area contributed by atoms with E-state index in [0.29, 0.717) is 17.2 Å². The van der Waals surface area contributed by atoms with E-state index in [4.69, 9.17) is 15.2 Å². The molecule has 0 atom stereocenters. The van der Waals surface area contributed by atoms with Crippen molar-refractivity contribution in [1.29, 1.82) is 5.26 Å². The molecule has 0 saturated carbocycles. The van der Waals surface area contributed by atoms with Crippen molar-refractivity contribution < 1.29 is 14.3 Å². The van der Waals surface area contributed by atoms with Gasteiger partial charge in [-0.3, -0.25) is 4.98 Å². The third-order valence-electron chi connectivity index (χ3n) is 3.51. The maximum absolute atomic E-state index is 12.1. The minimum Gasteiger partial charge on any atom is -0.464 e. The predicted octanol–water partition coefficient (Wildman–Crippen LogP) is 2.91. The lowest BCUT2D eigenvalue weighted by atomic mass is 10.2. The molecule has 7 heteroatoms. The second-order valence-electron chi connectivity index (χ2n) is 5.07. The van der Waals surface area contributed by atoms with Crippen molar-refractivity contribution >= 4 is 11.7 Å². The number of aromatic nitrogens is 2. The Morgan fingerprint density at radius 3 is 2.76 bits per heavy atom. The van der Waals surface area contributed by atoms with E-state index in [1.54, 1.807) is 48.8 Å². The summed E-state index contributed by atoms with van der Waals surface area (Å²) in [4.78, 5) is 16.1. The number of hydrogen-bond acceptors (Lipinski definition) is 6. The maximum atomic E-state index is 12.1. The number of nitriles is 1. The number of benzene rings is 1. The van der Waals surface area contributed by atoms with Crippen LogP contribution in [0.3, 0.4) is 0 Å². The number of nitrogens with zero attached hydrogens (tertiary/aromatic N) is 3. The van der Waals surface area contributed by atoms with E-state index in [2.05, 4.69) is 4.98 Å². The molecule has 0 spiro atoms. The van der Waals surface area contributed by atoms with Crippen LogP contribution in [0.2, 0.25) is 0 Å². The topological polar surface area (TPSA) is 103 Å². The highest BCUT2D eigenvalue weighted by Gasteiger charge is 2.21. The Bertz CT molecular complexity index is 958. The number of esters is 1. The van der Waals surface area contributed by atoms with E-state index in [-0.39, 0.29) is 16.9 Å². The molecule has 2 N–H and O–H groups in total. The van der Waals surface area contributed by atoms with Gasteiger partial charge < -0.3 is 19.8 Å². The lowest BCUT2D eigenvalue weighted by Crippen LogP contribution is -2.11. The van der Waals surface area contributed by atoms with Gasteiger partial charge in [-0.05, 0) is 24.3 Å². The summed E-state index contributed by atoms with van der Waals surface area (Å²) in [6.45, 7) is 0. The molecule has 3 aromatic rings. The minimum absolute atomic E-state index is 0.0768. The number of carbonyl (C=O) groups is 1. The summed E-state index contributed by atoms with van der Waals surface area (Å²) in [5.74, 6) is 0.502. The van der Waals surface area contributed by atoms with Gasteiger partial charge in [-0.25, -0.2) is 4.79 Å². The third-order valence-corrected chi connectivity index (χ3v) is 3.51. The Morgan fingerprint density at radius 1 is 1.28 bits per heavy atom. The minimum atomic E-state index is -0.627. The zero-order valence-electron chi connectivity index (χ0n) is 13.3. The zero-order valence-corrected chi connectivity index (χ0v) is 13.3. The van der Waals surface area contributed by atoms with E-state index in [1.807, 2.05) is 6.07 Å². The second kappa shape index (κ2) is 6.76. The van der Waals surface area contributed by atoms with Crippen molar-refractivity contribution in [2.24, 2.45) is 0 Å². The van der Waals surface area contributed by atoms with Crippen molar-refractivity contribution in [3.63, 3.8) is 0 Å². The van der Waals surface area contributed by atoms with Crippen LogP contribution in [0.25, 0.3) is 5.69 Å². The number of carbonyl (C=O) groups excluding carboxylic acids is 1. The summed E-state index contributed by atoms with van der Waals surface area (Å²) in [5, 5.41) is 9.18. The summed E-state index contributed by atoms with van der Waals surface area (Å²) in [7, 11) is 1.26. The van der Waals surface area contributed by atoms with Crippen molar-refractivity contribution in [2.75, 3.05) is 12.8 Å². The van der Waals surface area contributed by atoms with Gasteiger partial charge in [-0.1, -0.05) is 6.07 Å². The van der Waals surface area contributed by atoms with Gasteiger partial charge in [0, 0.05) is 24.1 Å². The van der Waals surface area contributed by atoms with Gasteiger partial charge in [0.25, 0.3) is 0 Å². The van der Waals surface area contributed by atoms with Crippen LogP contribution in [0.4, 0.5) is 5.69 Å². The largest absolute Gasteiger partial charge is 0.464 e. The number of hydrogen-bond donors (Lipinski definition) is 1. The fraction of sp³-hybridized carbons (Fsp3) is 0.0556. The molecule has 0 unspecified atom stereocenters. The van der Waals surface area contributed by atoms with Crippen LogP contribution in [0.15, 0.2) is 55.0 Å². The van der Waals surface area contributed by atoms with Gasteiger partial charge >= 0.3 is 5.97 Å². The van der Waals surface area contributed by atoms with E-state index in [9.17, 15) is 10.1 Å². The van der Waals surface area contributed by atoms with Crippen molar-refractivity contribution in [2.45, 2.75) is 0 Å². The number of methoxy groups -OCH3 is 1. The van der Waals surface area contributed by atoms with E-state index >= 15 is 0 Å². The summed E-state index contributed by atoms with van der Waals surface area (Å²) in [6.07, 6.45) is 4.73. The molecule has 25 heavy (non-hydrogen) atoms. The Balaban J connectivity index is 2.04. The molecule has 2 heterocycles. The van der Waals surface area contributed by atoms with Crippen LogP contribution in [0, 0.1) is 11.3 Å². The van der Waals surface area contributed by atoms with E-state index in [1.165, 1.54) is 17.9 Å². The van der Waals surface area contributed by atoms with Crippen LogP contribution < -0.4 is 10.5 Å². The molecule has 1 aromatic carbocycles. The molecule has 0 amide bonds.